The summed E-state index contributed by atoms with van der Waals surface area (Å²) in [5.41, 5.74) is 0.685. The van der Waals surface area contributed by atoms with Crippen LogP contribution in [0.25, 0.3) is 11.5 Å². The van der Waals surface area contributed by atoms with E-state index in [4.69, 9.17) is 4.52 Å². The predicted octanol–water partition coefficient (Wildman–Crippen LogP) is 1.68. The Kier molecular flexibility index (Phi) is 1.59. The normalized spacial score (nSPS) is 10.1. The van der Waals surface area contributed by atoms with Crippen LogP contribution in [0, 0.1) is 12.1 Å². The molecule has 0 unspecified atom stereocenters. The van der Waals surface area contributed by atoms with Crippen molar-refractivity contribution in [2.75, 3.05) is 0 Å². The fourth-order valence-electron chi connectivity index (χ4n) is 0.860. The Morgan fingerprint density at radius 1 is 1.25 bits per heavy atom. The quantitative estimate of drug-likeness (QED) is 0.641. The van der Waals surface area contributed by atoms with Crippen LogP contribution in [0.2, 0.25) is 0 Å². The molecule has 0 fully saturated rings. The highest BCUT2D eigenvalue weighted by atomic mass is 19.1. The van der Waals surface area contributed by atoms with Crippen molar-refractivity contribution in [2.45, 2.75) is 0 Å². The first kappa shape index (κ1) is 6.97. The van der Waals surface area contributed by atoms with E-state index >= 15 is 0 Å². The maximum absolute atomic E-state index is 12.5. The molecule has 0 spiro atoms. The first-order valence-electron chi connectivity index (χ1n) is 3.32. The standard InChI is InChI=1S/C8H4FN2O/c9-7-3-1-6(2-4-7)8-10-5-11-12-8/h1-4H. The van der Waals surface area contributed by atoms with Gasteiger partial charge in [-0.1, -0.05) is 5.16 Å². The van der Waals surface area contributed by atoms with E-state index in [0.29, 0.717) is 11.5 Å². The molecule has 0 aliphatic rings. The molecule has 0 atom stereocenters. The summed E-state index contributed by atoms with van der Waals surface area (Å²) in [4.78, 5) is 3.69. The third-order valence-corrected chi connectivity index (χ3v) is 1.42. The zero-order valence-corrected chi connectivity index (χ0v) is 5.99. The lowest BCUT2D eigenvalue weighted by molar-refractivity contribution is 0.428. The van der Waals surface area contributed by atoms with E-state index in [2.05, 4.69) is 16.5 Å². The van der Waals surface area contributed by atoms with Crippen LogP contribution in [0.15, 0.2) is 28.8 Å². The smallest absolute Gasteiger partial charge is 0.258 e. The summed E-state index contributed by atoms with van der Waals surface area (Å²) in [6.07, 6.45) is 2.28. The SMILES string of the molecule is Fc1ccc(-c2n[c]no2)cc1. The number of nitrogens with zero attached hydrogens (tertiary/aromatic N) is 2. The topological polar surface area (TPSA) is 38.9 Å². The fraction of sp³-hybridized carbons (Fsp3) is 0. The Hall–Kier alpha value is -1.71. The van der Waals surface area contributed by atoms with Crippen LogP contribution < -0.4 is 0 Å². The minimum Gasteiger partial charge on any atom is -0.333 e. The molecule has 0 N–H and O–H groups in total. The minimum absolute atomic E-state index is 0.290. The molecular formula is C8H4FN2O. The summed E-state index contributed by atoms with van der Waals surface area (Å²) in [7, 11) is 0. The van der Waals surface area contributed by atoms with Crippen molar-refractivity contribution in [3.8, 4) is 11.5 Å². The van der Waals surface area contributed by atoms with Crippen LogP contribution in [-0.4, -0.2) is 10.1 Å². The van der Waals surface area contributed by atoms with Crippen molar-refractivity contribution in [1.29, 1.82) is 0 Å². The number of halogens is 1. The van der Waals surface area contributed by atoms with Gasteiger partial charge in [0, 0.05) is 5.56 Å². The minimum atomic E-state index is -0.290. The molecule has 0 saturated heterocycles. The average Bonchev–Trinajstić information content (AvgIpc) is 2.58. The summed E-state index contributed by atoms with van der Waals surface area (Å²) in [6.45, 7) is 0. The van der Waals surface area contributed by atoms with Gasteiger partial charge in [-0.3, -0.25) is 0 Å². The Labute approximate surface area is 67.8 Å². The predicted molar refractivity (Wildman–Crippen MR) is 38.5 cm³/mol. The van der Waals surface area contributed by atoms with Gasteiger partial charge in [0.15, 0.2) is 0 Å². The van der Waals surface area contributed by atoms with Gasteiger partial charge in [0.25, 0.3) is 5.89 Å². The van der Waals surface area contributed by atoms with Crippen LogP contribution in [0.1, 0.15) is 0 Å². The maximum Gasteiger partial charge on any atom is 0.258 e. The average molecular weight is 163 g/mol. The van der Waals surface area contributed by atoms with Crippen LogP contribution in [0.4, 0.5) is 4.39 Å². The van der Waals surface area contributed by atoms with E-state index in [0.717, 1.165) is 0 Å². The molecule has 0 aliphatic heterocycles. The molecule has 0 bridgehead atoms. The van der Waals surface area contributed by atoms with Crippen molar-refractivity contribution in [3.63, 3.8) is 0 Å². The second-order valence-corrected chi connectivity index (χ2v) is 2.21. The number of hydrogen-bond donors (Lipinski definition) is 0. The monoisotopic (exact) mass is 163 g/mol. The van der Waals surface area contributed by atoms with Gasteiger partial charge < -0.3 is 4.52 Å². The van der Waals surface area contributed by atoms with Gasteiger partial charge >= 0.3 is 0 Å². The number of rotatable bonds is 1. The molecule has 2 rings (SSSR count). The van der Waals surface area contributed by atoms with Crippen LogP contribution in [-0.2, 0) is 0 Å². The van der Waals surface area contributed by atoms with Gasteiger partial charge in [0.2, 0.25) is 6.33 Å². The van der Waals surface area contributed by atoms with Gasteiger partial charge in [-0.15, -0.1) is 0 Å². The molecule has 1 radical (unpaired) electrons. The first-order chi connectivity index (χ1) is 5.86. The van der Waals surface area contributed by atoms with E-state index in [9.17, 15) is 4.39 Å². The first-order valence-corrected chi connectivity index (χ1v) is 3.32. The van der Waals surface area contributed by atoms with Crippen molar-refractivity contribution in [3.05, 3.63) is 36.4 Å². The van der Waals surface area contributed by atoms with Crippen LogP contribution in [0.5, 0.6) is 0 Å². The second-order valence-electron chi connectivity index (χ2n) is 2.21. The van der Waals surface area contributed by atoms with Gasteiger partial charge in [0.1, 0.15) is 5.82 Å². The Bertz CT molecular complexity index is 355. The molecule has 1 aromatic carbocycles. The zero-order valence-electron chi connectivity index (χ0n) is 5.99. The Morgan fingerprint density at radius 2 is 2.00 bits per heavy atom. The molecule has 2 aromatic rings. The second kappa shape index (κ2) is 2.73. The van der Waals surface area contributed by atoms with E-state index in [-0.39, 0.29) is 5.82 Å². The molecule has 1 aromatic heterocycles. The summed E-state index contributed by atoms with van der Waals surface area (Å²) >= 11 is 0. The van der Waals surface area contributed by atoms with Gasteiger partial charge in [-0.05, 0) is 24.3 Å². The molecule has 0 saturated carbocycles. The lowest BCUT2D eigenvalue weighted by Gasteiger charge is -1.91. The molecule has 12 heavy (non-hydrogen) atoms. The Morgan fingerprint density at radius 3 is 2.58 bits per heavy atom. The fourth-order valence-corrected chi connectivity index (χ4v) is 0.860. The largest absolute Gasteiger partial charge is 0.333 e. The number of hydrogen-bond acceptors (Lipinski definition) is 3. The van der Waals surface area contributed by atoms with Crippen molar-refractivity contribution in [2.24, 2.45) is 0 Å². The number of benzene rings is 1. The summed E-state index contributed by atoms with van der Waals surface area (Å²) in [5.74, 6) is 0.0530. The molecular weight excluding hydrogens is 159 g/mol. The highest BCUT2D eigenvalue weighted by Gasteiger charge is 2.02. The highest BCUT2D eigenvalue weighted by molar-refractivity contribution is 5.51. The van der Waals surface area contributed by atoms with Crippen molar-refractivity contribution >= 4 is 0 Å². The third kappa shape index (κ3) is 1.18. The lowest BCUT2D eigenvalue weighted by atomic mass is 10.2. The molecule has 1 heterocycles. The lowest BCUT2D eigenvalue weighted by Crippen LogP contribution is -1.77. The Balaban J connectivity index is 2.43. The third-order valence-electron chi connectivity index (χ3n) is 1.42. The summed E-state index contributed by atoms with van der Waals surface area (Å²) in [5, 5.41) is 3.32. The van der Waals surface area contributed by atoms with E-state index in [1.54, 1.807) is 12.1 Å². The van der Waals surface area contributed by atoms with E-state index < -0.39 is 0 Å². The maximum atomic E-state index is 12.5. The highest BCUT2D eigenvalue weighted by Crippen LogP contribution is 2.15. The molecule has 4 heteroatoms. The van der Waals surface area contributed by atoms with Crippen molar-refractivity contribution < 1.29 is 8.91 Å². The van der Waals surface area contributed by atoms with Crippen LogP contribution >= 0.6 is 0 Å². The van der Waals surface area contributed by atoms with Gasteiger partial charge in [-0.25, -0.2) is 4.39 Å². The van der Waals surface area contributed by atoms with E-state index in [1.807, 2.05) is 0 Å². The van der Waals surface area contributed by atoms with Gasteiger partial charge in [0.05, 0.1) is 0 Å². The molecule has 0 aliphatic carbocycles. The van der Waals surface area contributed by atoms with Crippen LogP contribution in [0.3, 0.4) is 0 Å². The van der Waals surface area contributed by atoms with Gasteiger partial charge in [-0.2, -0.15) is 4.98 Å². The zero-order chi connectivity index (χ0) is 8.39. The molecule has 3 nitrogen and oxygen atoms in total. The molecule has 0 amide bonds. The van der Waals surface area contributed by atoms with Crippen molar-refractivity contribution in [1.82, 2.24) is 10.1 Å². The summed E-state index contributed by atoms with van der Waals surface area (Å²) in [6, 6.07) is 5.80. The molecule has 59 valence electrons. The number of aromatic nitrogens is 2. The summed E-state index contributed by atoms with van der Waals surface area (Å²) < 4.78 is 17.2. The van der Waals surface area contributed by atoms with E-state index in [1.165, 1.54) is 12.1 Å².